The van der Waals surface area contributed by atoms with Gasteiger partial charge in [-0.3, -0.25) is 19.3 Å². The molecule has 2 unspecified atom stereocenters. The van der Waals surface area contributed by atoms with Crippen LogP contribution in [0.3, 0.4) is 0 Å². The molecule has 0 bridgehead atoms. The topological polar surface area (TPSA) is 88.6 Å². The smallest absolute Gasteiger partial charge is 0.233 e. The average molecular weight is 399 g/mol. The number of nitrogens with one attached hydrogen (secondary N) is 1. The van der Waals surface area contributed by atoms with Gasteiger partial charge in [-0.2, -0.15) is 0 Å². The van der Waals surface area contributed by atoms with Gasteiger partial charge in [-0.05, 0) is 50.2 Å². The number of aromatic nitrogens is 1. The Hall–Kier alpha value is -2.44. The van der Waals surface area contributed by atoms with Crippen LogP contribution in [-0.4, -0.2) is 40.3 Å². The fraction of sp³-hybridized carbons (Fsp3) is 0.636. The van der Waals surface area contributed by atoms with Crippen LogP contribution in [0, 0.1) is 11.8 Å². The second-order valence-electron chi connectivity index (χ2n) is 8.38. The number of carbonyl (C=O) groups excluding carboxylic acids is 3. The van der Waals surface area contributed by atoms with Crippen LogP contribution in [0.1, 0.15) is 63.4 Å². The zero-order valence-electron chi connectivity index (χ0n) is 16.8. The summed E-state index contributed by atoms with van der Waals surface area (Å²) < 4.78 is 5.90. The third kappa shape index (κ3) is 4.60. The number of nitrogens with zero attached hydrogens (tertiary/aromatic N) is 2. The minimum atomic E-state index is -0.171. The van der Waals surface area contributed by atoms with E-state index in [2.05, 4.69) is 10.3 Å². The molecule has 29 heavy (non-hydrogen) atoms. The molecule has 7 heteroatoms. The molecular weight excluding hydrogens is 370 g/mol. The van der Waals surface area contributed by atoms with Gasteiger partial charge in [0.15, 0.2) is 0 Å². The van der Waals surface area contributed by atoms with Crippen molar-refractivity contribution in [3.63, 3.8) is 0 Å². The number of imide groups is 1. The van der Waals surface area contributed by atoms with Gasteiger partial charge in [-0.1, -0.05) is 12.8 Å². The molecule has 3 fully saturated rings. The van der Waals surface area contributed by atoms with Crippen molar-refractivity contribution >= 4 is 17.7 Å². The van der Waals surface area contributed by atoms with E-state index >= 15 is 0 Å². The molecule has 2 aliphatic carbocycles. The van der Waals surface area contributed by atoms with Crippen molar-refractivity contribution in [3.05, 3.63) is 23.9 Å². The first-order valence-corrected chi connectivity index (χ1v) is 10.9. The van der Waals surface area contributed by atoms with Gasteiger partial charge in [0.25, 0.3) is 0 Å². The van der Waals surface area contributed by atoms with E-state index in [-0.39, 0.29) is 48.6 Å². The fourth-order valence-corrected chi connectivity index (χ4v) is 4.76. The summed E-state index contributed by atoms with van der Waals surface area (Å²) in [6.07, 6.45) is 10.2. The summed E-state index contributed by atoms with van der Waals surface area (Å²) in [5, 5.41) is 2.86. The zero-order chi connectivity index (χ0) is 20.2. The maximum Gasteiger partial charge on any atom is 0.233 e. The second kappa shape index (κ2) is 8.93. The molecule has 1 aromatic heterocycles. The molecule has 0 radical (unpaired) electrons. The van der Waals surface area contributed by atoms with Crippen LogP contribution >= 0.6 is 0 Å². The highest BCUT2D eigenvalue weighted by Crippen LogP contribution is 2.37. The molecule has 1 aromatic rings. The zero-order valence-corrected chi connectivity index (χ0v) is 16.8. The Kier molecular flexibility index (Phi) is 6.11. The lowest BCUT2D eigenvalue weighted by Gasteiger charge is -2.19. The van der Waals surface area contributed by atoms with Crippen LogP contribution < -0.4 is 10.1 Å². The average Bonchev–Trinajstić information content (AvgIpc) is 3.33. The monoisotopic (exact) mass is 399 g/mol. The Labute approximate surface area is 171 Å². The highest BCUT2D eigenvalue weighted by Gasteiger charge is 2.47. The van der Waals surface area contributed by atoms with E-state index in [1.807, 2.05) is 12.1 Å². The lowest BCUT2D eigenvalue weighted by Crippen LogP contribution is -2.35. The number of ether oxygens (including phenoxy) is 1. The second-order valence-corrected chi connectivity index (χ2v) is 8.38. The molecule has 1 saturated heterocycles. The summed E-state index contributed by atoms with van der Waals surface area (Å²) in [6, 6.07) is 3.71. The Balaban J connectivity index is 1.24. The molecule has 4 rings (SSSR count). The van der Waals surface area contributed by atoms with E-state index in [9.17, 15) is 14.4 Å². The molecular formula is C22H29N3O4. The number of pyridine rings is 1. The van der Waals surface area contributed by atoms with Crippen molar-refractivity contribution in [3.8, 4) is 5.88 Å². The molecule has 2 saturated carbocycles. The predicted molar refractivity (Wildman–Crippen MR) is 106 cm³/mol. The molecule has 0 spiro atoms. The van der Waals surface area contributed by atoms with Crippen LogP contribution in [0.5, 0.6) is 5.88 Å². The fourth-order valence-electron chi connectivity index (χ4n) is 4.76. The summed E-state index contributed by atoms with van der Waals surface area (Å²) >= 11 is 0. The van der Waals surface area contributed by atoms with E-state index in [1.165, 1.54) is 17.7 Å². The minimum Gasteiger partial charge on any atom is -0.474 e. The lowest BCUT2D eigenvalue weighted by atomic mass is 9.81. The van der Waals surface area contributed by atoms with Gasteiger partial charge in [0, 0.05) is 31.8 Å². The van der Waals surface area contributed by atoms with E-state index in [0.29, 0.717) is 12.4 Å². The lowest BCUT2D eigenvalue weighted by molar-refractivity contribution is -0.140. The molecule has 1 aliphatic heterocycles. The molecule has 2 atom stereocenters. The van der Waals surface area contributed by atoms with Gasteiger partial charge in [-0.15, -0.1) is 0 Å². The molecule has 2 heterocycles. The number of likely N-dealkylation sites (tertiary alicyclic amines) is 1. The number of hydrogen-bond acceptors (Lipinski definition) is 5. The van der Waals surface area contributed by atoms with Gasteiger partial charge in [0.2, 0.25) is 23.6 Å². The summed E-state index contributed by atoms with van der Waals surface area (Å²) in [5.74, 6) is -0.0652. The molecule has 0 aromatic carbocycles. The van der Waals surface area contributed by atoms with Crippen molar-refractivity contribution in [2.75, 3.05) is 6.54 Å². The number of amides is 3. The Morgan fingerprint density at radius 1 is 1.07 bits per heavy atom. The third-order valence-electron chi connectivity index (χ3n) is 6.37. The first-order valence-electron chi connectivity index (χ1n) is 10.9. The highest BCUT2D eigenvalue weighted by atomic mass is 16.5. The number of carbonyl (C=O) groups is 3. The highest BCUT2D eigenvalue weighted by molar-refractivity contribution is 6.05. The van der Waals surface area contributed by atoms with Gasteiger partial charge < -0.3 is 10.1 Å². The van der Waals surface area contributed by atoms with E-state index < -0.39 is 0 Å². The maximum atomic E-state index is 12.5. The molecule has 1 N–H and O–H groups in total. The summed E-state index contributed by atoms with van der Waals surface area (Å²) in [4.78, 5) is 42.8. The SMILES string of the molecule is O=C(CCN1C(=O)C2CCCCC2C1=O)NCc1ccnc(OC2CCCC2)c1. The molecule has 156 valence electrons. The Bertz CT molecular complexity index is 751. The first kappa shape index (κ1) is 19.9. The van der Waals surface area contributed by atoms with Crippen LogP contribution in [0.4, 0.5) is 0 Å². The van der Waals surface area contributed by atoms with Crippen LogP contribution in [0.25, 0.3) is 0 Å². The number of rotatable bonds is 7. The van der Waals surface area contributed by atoms with Crippen LogP contribution in [0.2, 0.25) is 0 Å². The minimum absolute atomic E-state index is 0.0877. The Morgan fingerprint density at radius 3 is 2.41 bits per heavy atom. The van der Waals surface area contributed by atoms with Crippen LogP contribution in [0.15, 0.2) is 18.3 Å². The molecule has 3 aliphatic rings. The molecule has 3 amide bonds. The van der Waals surface area contributed by atoms with Crippen molar-refractivity contribution in [1.82, 2.24) is 15.2 Å². The number of fused-ring (bicyclic) bond motifs is 1. The third-order valence-corrected chi connectivity index (χ3v) is 6.37. The van der Waals surface area contributed by atoms with E-state index in [4.69, 9.17) is 4.74 Å². The van der Waals surface area contributed by atoms with Crippen molar-refractivity contribution < 1.29 is 19.1 Å². The van der Waals surface area contributed by atoms with Gasteiger partial charge >= 0.3 is 0 Å². The van der Waals surface area contributed by atoms with Gasteiger partial charge in [0.05, 0.1) is 11.8 Å². The van der Waals surface area contributed by atoms with Crippen molar-refractivity contribution in [1.29, 1.82) is 0 Å². The van der Waals surface area contributed by atoms with E-state index in [1.54, 1.807) is 6.20 Å². The predicted octanol–water partition coefficient (Wildman–Crippen LogP) is 2.58. The van der Waals surface area contributed by atoms with Gasteiger partial charge in [0.1, 0.15) is 6.10 Å². The van der Waals surface area contributed by atoms with Crippen LogP contribution in [-0.2, 0) is 20.9 Å². The van der Waals surface area contributed by atoms with Crippen molar-refractivity contribution in [2.45, 2.75) is 70.4 Å². The molecule has 7 nitrogen and oxygen atoms in total. The maximum absolute atomic E-state index is 12.5. The normalized spacial score (nSPS) is 24.6. The quantitative estimate of drug-likeness (QED) is 0.712. The standard InChI is InChI=1S/C22H29N3O4/c26-19(10-12-25-21(27)17-7-3-4-8-18(17)22(25)28)24-14-15-9-11-23-20(13-15)29-16-5-1-2-6-16/h9,11,13,16-18H,1-8,10,12,14H2,(H,24,26). The largest absolute Gasteiger partial charge is 0.474 e. The first-order chi connectivity index (χ1) is 14.1. The van der Waals surface area contributed by atoms with Gasteiger partial charge in [-0.25, -0.2) is 4.98 Å². The summed E-state index contributed by atoms with van der Waals surface area (Å²) in [5.41, 5.74) is 0.917. The summed E-state index contributed by atoms with van der Waals surface area (Å²) in [6.45, 7) is 0.540. The van der Waals surface area contributed by atoms with Crippen molar-refractivity contribution in [2.24, 2.45) is 11.8 Å². The van der Waals surface area contributed by atoms with E-state index in [0.717, 1.165) is 44.1 Å². The number of hydrogen-bond donors (Lipinski definition) is 1. The Morgan fingerprint density at radius 2 is 1.72 bits per heavy atom. The summed E-state index contributed by atoms with van der Waals surface area (Å²) in [7, 11) is 0.